The Kier molecular flexibility index (Phi) is 4.52. The van der Waals surface area contributed by atoms with Crippen molar-refractivity contribution in [2.24, 2.45) is 20.0 Å². The lowest BCUT2D eigenvalue weighted by atomic mass is 10.0. The Bertz CT molecular complexity index is 1290. The lowest BCUT2D eigenvalue weighted by Crippen LogP contribution is -2.37. The van der Waals surface area contributed by atoms with Crippen LogP contribution in [-0.2, 0) is 25.1 Å². The summed E-state index contributed by atoms with van der Waals surface area (Å²) >= 11 is 0. The molecular formula is C20H17F3N4O3. The first-order valence-electron chi connectivity index (χ1n) is 9.12. The van der Waals surface area contributed by atoms with E-state index in [1.807, 2.05) is 0 Å². The van der Waals surface area contributed by atoms with Gasteiger partial charge in [0, 0.05) is 20.0 Å². The number of halogens is 3. The second-order valence-electron chi connectivity index (χ2n) is 7.32. The number of alkyl halides is 3. The Morgan fingerprint density at radius 3 is 2.57 bits per heavy atom. The quantitative estimate of drug-likeness (QED) is 0.708. The average Bonchev–Trinajstić information content (AvgIpc) is 3.51. The van der Waals surface area contributed by atoms with Crippen LogP contribution >= 0.6 is 0 Å². The van der Waals surface area contributed by atoms with Gasteiger partial charge in [-0.1, -0.05) is 18.2 Å². The number of nitrogens with zero attached hydrogens (tertiary/aromatic N) is 3. The van der Waals surface area contributed by atoms with Gasteiger partial charge in [-0.3, -0.25) is 18.7 Å². The van der Waals surface area contributed by atoms with Crippen molar-refractivity contribution in [2.75, 3.05) is 5.32 Å². The van der Waals surface area contributed by atoms with Gasteiger partial charge in [0.2, 0.25) is 5.91 Å². The van der Waals surface area contributed by atoms with Crippen molar-refractivity contribution in [1.29, 1.82) is 0 Å². The number of hydrogen-bond donors (Lipinski definition) is 1. The zero-order valence-electron chi connectivity index (χ0n) is 16.0. The van der Waals surface area contributed by atoms with Crippen LogP contribution < -0.4 is 16.6 Å². The largest absolute Gasteiger partial charge is 0.416 e. The second kappa shape index (κ2) is 6.82. The molecule has 4 rings (SSSR count). The monoisotopic (exact) mass is 418 g/mol. The van der Waals surface area contributed by atoms with Crippen molar-refractivity contribution in [1.82, 2.24) is 14.1 Å². The van der Waals surface area contributed by atoms with Crippen LogP contribution in [0.2, 0.25) is 0 Å². The Labute approximate surface area is 167 Å². The van der Waals surface area contributed by atoms with Crippen molar-refractivity contribution < 1.29 is 18.0 Å². The number of carbonyl (C=O) groups is 1. The van der Waals surface area contributed by atoms with Gasteiger partial charge >= 0.3 is 11.9 Å². The van der Waals surface area contributed by atoms with Crippen molar-refractivity contribution in [3.05, 3.63) is 68.5 Å². The molecule has 0 aliphatic heterocycles. The van der Waals surface area contributed by atoms with E-state index >= 15 is 0 Å². The molecule has 0 spiro atoms. The first-order chi connectivity index (χ1) is 14.1. The molecule has 156 valence electrons. The number of pyridine rings is 1. The molecule has 0 radical (unpaired) electrons. The molecule has 2 atom stereocenters. The Morgan fingerprint density at radius 1 is 1.17 bits per heavy atom. The molecule has 2 aromatic heterocycles. The van der Waals surface area contributed by atoms with Gasteiger partial charge in [-0.15, -0.1) is 0 Å². The average molecular weight is 418 g/mol. The SMILES string of the molecule is Cn1c(=O)c2cc(NC(=O)C3CC3c3ccccc3C(F)(F)F)cnc2n(C)c1=O. The Balaban J connectivity index is 1.59. The first kappa shape index (κ1) is 19.9. The van der Waals surface area contributed by atoms with Crippen LogP contribution in [0.1, 0.15) is 23.5 Å². The zero-order chi connectivity index (χ0) is 21.8. The van der Waals surface area contributed by atoms with E-state index in [0.717, 1.165) is 10.6 Å². The maximum absolute atomic E-state index is 13.2. The highest BCUT2D eigenvalue weighted by molar-refractivity contribution is 5.96. The number of nitrogens with one attached hydrogen (secondary N) is 1. The van der Waals surface area contributed by atoms with E-state index in [-0.39, 0.29) is 22.3 Å². The van der Waals surface area contributed by atoms with E-state index in [9.17, 15) is 27.6 Å². The second-order valence-corrected chi connectivity index (χ2v) is 7.32. The summed E-state index contributed by atoms with van der Waals surface area (Å²) < 4.78 is 41.8. The number of aryl methyl sites for hydroxylation is 1. The summed E-state index contributed by atoms with van der Waals surface area (Å²) in [5, 5.41) is 2.76. The minimum absolute atomic E-state index is 0.102. The van der Waals surface area contributed by atoms with Crippen molar-refractivity contribution in [2.45, 2.75) is 18.5 Å². The van der Waals surface area contributed by atoms with Crippen LogP contribution in [0.4, 0.5) is 18.9 Å². The van der Waals surface area contributed by atoms with Crippen LogP contribution in [0, 0.1) is 5.92 Å². The maximum atomic E-state index is 13.2. The molecule has 3 aromatic rings. The number of aromatic nitrogens is 3. The molecule has 2 heterocycles. The van der Waals surface area contributed by atoms with Crippen LogP contribution in [0.3, 0.4) is 0 Å². The van der Waals surface area contributed by atoms with Gasteiger partial charge < -0.3 is 5.32 Å². The maximum Gasteiger partial charge on any atom is 0.416 e. The predicted molar refractivity (Wildman–Crippen MR) is 103 cm³/mol. The first-order valence-corrected chi connectivity index (χ1v) is 9.12. The third-order valence-electron chi connectivity index (χ3n) is 5.35. The zero-order valence-corrected chi connectivity index (χ0v) is 16.0. The molecule has 1 aliphatic rings. The van der Waals surface area contributed by atoms with Crippen LogP contribution in [0.15, 0.2) is 46.1 Å². The number of amides is 1. The molecule has 1 saturated carbocycles. The van der Waals surface area contributed by atoms with Crippen LogP contribution in [0.5, 0.6) is 0 Å². The molecule has 1 fully saturated rings. The Morgan fingerprint density at radius 2 is 1.87 bits per heavy atom. The summed E-state index contributed by atoms with van der Waals surface area (Å²) in [7, 11) is 2.81. The molecule has 0 saturated heterocycles. The standard InChI is InChI=1S/C20H17F3N4O3/c1-26-16-14(18(29)27(2)19(26)30)7-10(9-24-16)25-17(28)13-8-12(13)11-5-3-4-6-15(11)20(21,22)23/h3-7,9,12-13H,8H2,1-2H3,(H,25,28). The van der Waals surface area contributed by atoms with Gasteiger partial charge in [0.05, 0.1) is 22.8 Å². The number of carbonyl (C=O) groups excluding carboxylic acids is 1. The normalized spacial score (nSPS) is 18.4. The fourth-order valence-electron chi connectivity index (χ4n) is 3.68. The third-order valence-corrected chi connectivity index (χ3v) is 5.35. The van der Waals surface area contributed by atoms with E-state index in [1.54, 1.807) is 0 Å². The lowest BCUT2D eigenvalue weighted by molar-refractivity contribution is -0.138. The lowest BCUT2D eigenvalue weighted by Gasteiger charge is -2.12. The molecule has 10 heteroatoms. The van der Waals surface area contributed by atoms with E-state index in [1.165, 1.54) is 49.1 Å². The van der Waals surface area contributed by atoms with E-state index < -0.39 is 40.7 Å². The van der Waals surface area contributed by atoms with Gasteiger partial charge in [0.25, 0.3) is 5.56 Å². The molecule has 0 bridgehead atoms. The minimum Gasteiger partial charge on any atom is -0.324 e. The predicted octanol–water partition coefficient (Wildman–Crippen LogP) is 2.39. The highest BCUT2D eigenvalue weighted by atomic mass is 19.4. The molecule has 1 aromatic carbocycles. The summed E-state index contributed by atoms with van der Waals surface area (Å²) in [5.74, 6) is -1.57. The number of hydrogen-bond acceptors (Lipinski definition) is 4. The molecule has 1 aliphatic carbocycles. The molecule has 1 N–H and O–H groups in total. The Hall–Kier alpha value is -3.43. The number of fused-ring (bicyclic) bond motifs is 1. The molecule has 30 heavy (non-hydrogen) atoms. The topological polar surface area (TPSA) is 86.0 Å². The van der Waals surface area contributed by atoms with E-state index in [2.05, 4.69) is 10.3 Å². The van der Waals surface area contributed by atoms with Gasteiger partial charge in [-0.05, 0) is 30.0 Å². The van der Waals surface area contributed by atoms with Crippen LogP contribution in [0.25, 0.3) is 11.0 Å². The summed E-state index contributed by atoms with van der Waals surface area (Å²) in [6, 6.07) is 6.64. The number of anilines is 1. The van der Waals surface area contributed by atoms with E-state index in [4.69, 9.17) is 0 Å². The highest BCUT2D eigenvalue weighted by Gasteiger charge is 2.47. The number of rotatable bonds is 3. The van der Waals surface area contributed by atoms with E-state index in [0.29, 0.717) is 6.42 Å². The van der Waals surface area contributed by atoms with Crippen molar-refractivity contribution >= 4 is 22.6 Å². The fourth-order valence-corrected chi connectivity index (χ4v) is 3.68. The van der Waals surface area contributed by atoms with Gasteiger partial charge in [0.15, 0.2) is 0 Å². The summed E-state index contributed by atoms with van der Waals surface area (Å²) in [6.07, 6.45) is -2.88. The van der Waals surface area contributed by atoms with Gasteiger partial charge in [0.1, 0.15) is 5.65 Å². The van der Waals surface area contributed by atoms with Crippen LogP contribution in [-0.4, -0.2) is 20.0 Å². The summed E-state index contributed by atoms with van der Waals surface area (Å²) in [5.41, 5.74) is -1.31. The summed E-state index contributed by atoms with van der Waals surface area (Å²) in [4.78, 5) is 41.0. The highest BCUT2D eigenvalue weighted by Crippen LogP contribution is 2.51. The van der Waals surface area contributed by atoms with Crippen molar-refractivity contribution in [3.8, 4) is 0 Å². The number of benzene rings is 1. The molecule has 1 amide bonds. The minimum atomic E-state index is -4.49. The van der Waals surface area contributed by atoms with Gasteiger partial charge in [-0.25, -0.2) is 9.78 Å². The molecular weight excluding hydrogens is 401 g/mol. The third kappa shape index (κ3) is 3.27. The summed E-state index contributed by atoms with van der Waals surface area (Å²) in [6.45, 7) is 0. The molecule has 7 nitrogen and oxygen atoms in total. The smallest absolute Gasteiger partial charge is 0.324 e. The van der Waals surface area contributed by atoms with Crippen molar-refractivity contribution in [3.63, 3.8) is 0 Å². The fraction of sp³-hybridized carbons (Fsp3) is 0.300. The van der Waals surface area contributed by atoms with Gasteiger partial charge in [-0.2, -0.15) is 13.2 Å². The molecule has 2 unspecified atom stereocenters.